The summed E-state index contributed by atoms with van der Waals surface area (Å²) in [6.45, 7) is 2.92. The number of nitrogens with zero attached hydrogens (tertiary/aromatic N) is 2. The van der Waals surface area contributed by atoms with E-state index in [1.54, 1.807) is 30.5 Å². The summed E-state index contributed by atoms with van der Waals surface area (Å²) in [5.74, 6) is -0.466. The number of aromatic nitrogens is 1. The van der Waals surface area contributed by atoms with Crippen molar-refractivity contribution in [3.05, 3.63) is 59.9 Å². The molecule has 1 aliphatic heterocycles. The van der Waals surface area contributed by atoms with E-state index < -0.39 is 10.0 Å². The van der Waals surface area contributed by atoms with Gasteiger partial charge in [0.15, 0.2) is 0 Å². The lowest BCUT2D eigenvalue weighted by atomic mass is 9.99. The van der Waals surface area contributed by atoms with Gasteiger partial charge in [0.1, 0.15) is 0 Å². The van der Waals surface area contributed by atoms with Crippen molar-refractivity contribution in [1.82, 2.24) is 14.6 Å². The van der Waals surface area contributed by atoms with E-state index >= 15 is 0 Å². The Morgan fingerprint density at radius 2 is 2.00 bits per heavy atom. The van der Waals surface area contributed by atoms with Crippen LogP contribution in [0.3, 0.4) is 0 Å². The highest BCUT2D eigenvalue weighted by Crippen LogP contribution is 2.24. The van der Waals surface area contributed by atoms with Gasteiger partial charge in [-0.25, -0.2) is 8.42 Å². The average molecular weight is 373 g/mol. The Morgan fingerprint density at radius 3 is 2.69 bits per heavy atom. The van der Waals surface area contributed by atoms with Gasteiger partial charge in [-0.15, -0.1) is 0 Å². The van der Waals surface area contributed by atoms with Crippen molar-refractivity contribution in [2.75, 3.05) is 13.1 Å². The number of amides is 1. The second-order valence-corrected chi connectivity index (χ2v) is 8.49. The molecule has 0 bridgehead atoms. The average Bonchev–Trinajstić information content (AvgIpc) is 2.67. The molecule has 1 fully saturated rings. The predicted molar refractivity (Wildman–Crippen MR) is 98.7 cm³/mol. The smallest absolute Gasteiger partial charge is 0.243 e. The third kappa shape index (κ3) is 4.28. The molecule has 2 heterocycles. The van der Waals surface area contributed by atoms with E-state index in [4.69, 9.17) is 0 Å². The second-order valence-electron chi connectivity index (χ2n) is 6.55. The largest absolute Gasteiger partial charge is 0.350 e. The first kappa shape index (κ1) is 18.5. The topological polar surface area (TPSA) is 79.4 Å². The third-order valence-electron chi connectivity index (χ3n) is 4.58. The van der Waals surface area contributed by atoms with E-state index in [-0.39, 0.29) is 23.3 Å². The SMILES string of the molecule is Cc1ccc(S(=O)(=O)N2CCC[C@@H](C(=O)NCc3ccccn3)C2)cc1. The maximum absolute atomic E-state index is 12.8. The summed E-state index contributed by atoms with van der Waals surface area (Å²) in [6.07, 6.45) is 3.04. The van der Waals surface area contributed by atoms with Crippen LogP contribution in [0.2, 0.25) is 0 Å². The molecule has 0 spiro atoms. The molecular weight excluding hydrogens is 350 g/mol. The zero-order chi connectivity index (χ0) is 18.6. The number of piperidine rings is 1. The van der Waals surface area contributed by atoms with E-state index in [2.05, 4.69) is 10.3 Å². The van der Waals surface area contributed by atoms with Crippen LogP contribution in [0.25, 0.3) is 0 Å². The van der Waals surface area contributed by atoms with Crippen molar-refractivity contribution in [3.63, 3.8) is 0 Å². The van der Waals surface area contributed by atoms with Crippen LogP contribution in [0.15, 0.2) is 53.6 Å². The molecule has 0 aliphatic carbocycles. The van der Waals surface area contributed by atoms with E-state index in [0.29, 0.717) is 25.9 Å². The lowest BCUT2D eigenvalue weighted by Crippen LogP contribution is -2.45. The lowest BCUT2D eigenvalue weighted by Gasteiger charge is -2.31. The maximum atomic E-state index is 12.8. The quantitative estimate of drug-likeness (QED) is 0.871. The number of aryl methyl sites for hydroxylation is 1. The Balaban J connectivity index is 1.64. The number of pyridine rings is 1. The van der Waals surface area contributed by atoms with Gasteiger partial charge in [-0.1, -0.05) is 23.8 Å². The minimum atomic E-state index is -3.57. The Morgan fingerprint density at radius 1 is 1.23 bits per heavy atom. The minimum absolute atomic E-state index is 0.126. The number of sulfonamides is 1. The van der Waals surface area contributed by atoms with Gasteiger partial charge in [-0.05, 0) is 44.0 Å². The molecule has 138 valence electrons. The highest BCUT2D eigenvalue weighted by Gasteiger charge is 2.33. The number of benzene rings is 1. The fourth-order valence-corrected chi connectivity index (χ4v) is 4.58. The van der Waals surface area contributed by atoms with Gasteiger partial charge in [-0.2, -0.15) is 4.31 Å². The molecule has 1 aromatic carbocycles. The van der Waals surface area contributed by atoms with Crippen LogP contribution in [-0.4, -0.2) is 36.7 Å². The zero-order valence-electron chi connectivity index (χ0n) is 14.8. The van der Waals surface area contributed by atoms with Gasteiger partial charge in [0.2, 0.25) is 15.9 Å². The highest BCUT2D eigenvalue weighted by molar-refractivity contribution is 7.89. The van der Waals surface area contributed by atoms with Crippen LogP contribution in [0.1, 0.15) is 24.1 Å². The molecule has 1 atom stereocenters. The fourth-order valence-electron chi connectivity index (χ4n) is 3.06. The molecule has 6 nitrogen and oxygen atoms in total. The third-order valence-corrected chi connectivity index (χ3v) is 6.46. The molecule has 1 saturated heterocycles. The molecule has 1 aliphatic rings. The fraction of sp³-hybridized carbons (Fsp3) is 0.368. The Hall–Kier alpha value is -2.25. The summed E-state index contributed by atoms with van der Waals surface area (Å²) >= 11 is 0. The minimum Gasteiger partial charge on any atom is -0.350 e. The molecule has 3 rings (SSSR count). The van der Waals surface area contributed by atoms with Crippen molar-refractivity contribution < 1.29 is 13.2 Å². The van der Waals surface area contributed by atoms with Crippen LogP contribution in [0, 0.1) is 12.8 Å². The van der Waals surface area contributed by atoms with Gasteiger partial charge in [0.25, 0.3) is 0 Å². The second kappa shape index (κ2) is 7.97. The summed E-state index contributed by atoms with van der Waals surface area (Å²) in [4.78, 5) is 16.9. The van der Waals surface area contributed by atoms with Gasteiger partial charge in [0, 0.05) is 19.3 Å². The number of carbonyl (C=O) groups is 1. The standard InChI is InChI=1S/C19H23N3O3S/c1-15-7-9-18(10-8-15)26(24,25)22-12-4-5-16(14-22)19(23)21-13-17-6-2-3-11-20-17/h2-3,6-11,16H,4-5,12-14H2,1H3,(H,21,23)/t16-/m1/s1. The predicted octanol–water partition coefficient (Wildman–Crippen LogP) is 2.11. The zero-order valence-corrected chi connectivity index (χ0v) is 15.6. The monoisotopic (exact) mass is 373 g/mol. The molecule has 1 aromatic heterocycles. The van der Waals surface area contributed by atoms with Crippen molar-refractivity contribution in [3.8, 4) is 0 Å². The van der Waals surface area contributed by atoms with E-state index in [9.17, 15) is 13.2 Å². The molecule has 7 heteroatoms. The molecule has 1 N–H and O–H groups in total. The van der Waals surface area contributed by atoms with Crippen LogP contribution in [-0.2, 0) is 21.4 Å². The number of nitrogens with one attached hydrogen (secondary N) is 1. The molecule has 0 radical (unpaired) electrons. The number of hydrogen-bond acceptors (Lipinski definition) is 4. The first-order valence-corrected chi connectivity index (χ1v) is 10.2. The summed E-state index contributed by atoms with van der Waals surface area (Å²) in [5, 5.41) is 2.86. The first-order valence-electron chi connectivity index (χ1n) is 8.71. The normalized spacial score (nSPS) is 18.4. The maximum Gasteiger partial charge on any atom is 0.243 e. The van der Waals surface area contributed by atoms with Crippen LogP contribution in [0.4, 0.5) is 0 Å². The number of carbonyl (C=O) groups excluding carboxylic acids is 1. The summed E-state index contributed by atoms with van der Waals surface area (Å²) in [6, 6.07) is 12.3. The molecule has 0 saturated carbocycles. The number of rotatable bonds is 5. The summed E-state index contributed by atoms with van der Waals surface area (Å²) in [7, 11) is -3.57. The lowest BCUT2D eigenvalue weighted by molar-refractivity contribution is -0.126. The van der Waals surface area contributed by atoms with Gasteiger partial charge in [0.05, 0.1) is 23.1 Å². The Labute approximate surface area is 154 Å². The van der Waals surface area contributed by atoms with Gasteiger partial charge < -0.3 is 5.32 Å². The Kier molecular flexibility index (Phi) is 5.68. The molecular formula is C19H23N3O3S. The van der Waals surface area contributed by atoms with Crippen LogP contribution >= 0.6 is 0 Å². The first-order chi connectivity index (χ1) is 12.5. The summed E-state index contributed by atoms with van der Waals surface area (Å²) in [5.41, 5.74) is 1.79. The number of hydrogen-bond donors (Lipinski definition) is 1. The molecule has 2 aromatic rings. The molecule has 26 heavy (non-hydrogen) atoms. The van der Waals surface area contributed by atoms with E-state index in [1.165, 1.54) is 4.31 Å². The Bertz CT molecular complexity index is 851. The van der Waals surface area contributed by atoms with Crippen molar-refractivity contribution in [2.45, 2.75) is 31.2 Å². The highest BCUT2D eigenvalue weighted by atomic mass is 32.2. The van der Waals surface area contributed by atoms with Crippen LogP contribution < -0.4 is 5.32 Å². The van der Waals surface area contributed by atoms with Crippen molar-refractivity contribution in [2.24, 2.45) is 5.92 Å². The molecule has 0 unspecified atom stereocenters. The van der Waals surface area contributed by atoms with E-state index in [0.717, 1.165) is 11.3 Å². The summed E-state index contributed by atoms with van der Waals surface area (Å²) < 4.78 is 27.1. The van der Waals surface area contributed by atoms with Crippen molar-refractivity contribution in [1.29, 1.82) is 0 Å². The van der Waals surface area contributed by atoms with E-state index in [1.807, 2.05) is 25.1 Å². The van der Waals surface area contributed by atoms with Crippen LogP contribution in [0.5, 0.6) is 0 Å². The molecule has 1 amide bonds. The van der Waals surface area contributed by atoms with Gasteiger partial charge in [-0.3, -0.25) is 9.78 Å². The van der Waals surface area contributed by atoms with Gasteiger partial charge >= 0.3 is 0 Å². The van der Waals surface area contributed by atoms with Crippen molar-refractivity contribution >= 4 is 15.9 Å².